The van der Waals surface area contributed by atoms with Gasteiger partial charge in [-0.25, -0.2) is 0 Å². The molecule has 0 bridgehead atoms. The van der Waals surface area contributed by atoms with E-state index in [0.717, 1.165) is 25.7 Å². The minimum Gasteiger partial charge on any atom is -0.481 e. The maximum Gasteiger partial charge on any atom is 0.306 e. The van der Waals surface area contributed by atoms with Gasteiger partial charge in [-0.3, -0.25) is 4.79 Å². The number of rotatable bonds is 3. The quantitative estimate of drug-likeness (QED) is 0.869. The van der Waals surface area contributed by atoms with E-state index in [1.807, 2.05) is 0 Å². The molecular weight excluding hydrogens is 224 g/mol. The lowest BCUT2D eigenvalue weighted by molar-refractivity contribution is -0.142. The minimum atomic E-state index is -0.621. The Hall–Kier alpha value is -1.31. The van der Waals surface area contributed by atoms with E-state index in [-0.39, 0.29) is 5.92 Å². The smallest absolute Gasteiger partial charge is 0.306 e. The predicted octanol–water partition coefficient (Wildman–Crippen LogP) is 4.17. The average molecular weight is 246 g/mol. The molecule has 1 N–H and O–H groups in total. The Bertz CT molecular complexity index is 415. The Balaban J connectivity index is 2.05. The highest BCUT2D eigenvalue weighted by Crippen LogP contribution is 2.36. The fraction of sp³-hybridized carbons (Fsp3) is 0.562. The van der Waals surface area contributed by atoms with E-state index < -0.39 is 5.97 Å². The summed E-state index contributed by atoms with van der Waals surface area (Å²) in [6, 6.07) is 8.80. The van der Waals surface area contributed by atoms with Crippen LogP contribution in [0.3, 0.4) is 0 Å². The first-order chi connectivity index (χ1) is 8.58. The lowest BCUT2D eigenvalue weighted by Crippen LogP contribution is -2.20. The van der Waals surface area contributed by atoms with Crippen LogP contribution in [0.25, 0.3) is 0 Å². The topological polar surface area (TPSA) is 37.3 Å². The van der Waals surface area contributed by atoms with E-state index in [9.17, 15) is 4.79 Å². The zero-order valence-corrected chi connectivity index (χ0v) is 11.2. The maximum absolute atomic E-state index is 10.9. The average Bonchev–Trinajstić information content (AvgIpc) is 2.39. The van der Waals surface area contributed by atoms with Gasteiger partial charge >= 0.3 is 5.97 Å². The summed E-state index contributed by atoms with van der Waals surface area (Å²) in [5, 5.41) is 9.01. The van der Waals surface area contributed by atoms with Crippen LogP contribution in [-0.2, 0) is 4.79 Å². The van der Waals surface area contributed by atoms with Crippen LogP contribution in [0.1, 0.15) is 62.5 Å². The molecule has 0 aromatic heterocycles. The molecule has 18 heavy (non-hydrogen) atoms. The van der Waals surface area contributed by atoms with Crippen molar-refractivity contribution in [2.24, 2.45) is 5.92 Å². The largest absolute Gasteiger partial charge is 0.481 e. The summed E-state index contributed by atoms with van der Waals surface area (Å²) in [5.74, 6) is 0.374. The van der Waals surface area contributed by atoms with E-state index in [1.54, 1.807) is 0 Å². The van der Waals surface area contributed by atoms with Gasteiger partial charge in [0.15, 0.2) is 0 Å². The molecule has 2 heteroatoms. The van der Waals surface area contributed by atoms with Crippen molar-refractivity contribution in [2.75, 3.05) is 0 Å². The first kappa shape index (κ1) is 13.1. The van der Waals surface area contributed by atoms with Gasteiger partial charge in [0.25, 0.3) is 0 Å². The zero-order chi connectivity index (χ0) is 13.1. The van der Waals surface area contributed by atoms with Crippen molar-refractivity contribution in [3.8, 4) is 0 Å². The van der Waals surface area contributed by atoms with Crippen molar-refractivity contribution >= 4 is 5.97 Å². The monoisotopic (exact) mass is 246 g/mol. The molecule has 1 aromatic carbocycles. The molecule has 0 radical (unpaired) electrons. The molecule has 0 saturated heterocycles. The predicted molar refractivity (Wildman–Crippen MR) is 72.9 cm³/mol. The van der Waals surface area contributed by atoms with Gasteiger partial charge in [-0.2, -0.15) is 0 Å². The second-order valence-electron chi connectivity index (χ2n) is 5.71. The highest BCUT2D eigenvalue weighted by atomic mass is 16.4. The molecule has 0 aliphatic heterocycles. The van der Waals surface area contributed by atoms with E-state index in [2.05, 4.69) is 38.1 Å². The molecule has 1 fully saturated rings. The number of hydrogen-bond acceptors (Lipinski definition) is 1. The summed E-state index contributed by atoms with van der Waals surface area (Å²) < 4.78 is 0. The Morgan fingerprint density at radius 3 is 2.44 bits per heavy atom. The maximum atomic E-state index is 10.9. The third-order valence-electron chi connectivity index (χ3n) is 4.13. The standard InChI is InChI=1S/C16H22O2/c1-11(2)14-4-3-5-15(10-14)12-6-8-13(9-7-12)16(17)18/h3-5,10-13H,6-9H2,1-2H3,(H,17,18). The lowest BCUT2D eigenvalue weighted by atomic mass is 9.78. The van der Waals surface area contributed by atoms with Crippen molar-refractivity contribution in [1.82, 2.24) is 0 Å². The van der Waals surface area contributed by atoms with Gasteiger partial charge in [-0.05, 0) is 48.6 Å². The molecule has 1 aromatic rings. The number of carboxylic acids is 1. The first-order valence-electron chi connectivity index (χ1n) is 6.90. The van der Waals surface area contributed by atoms with Crippen molar-refractivity contribution in [1.29, 1.82) is 0 Å². The van der Waals surface area contributed by atoms with Gasteiger partial charge in [0.2, 0.25) is 0 Å². The molecule has 0 unspecified atom stereocenters. The summed E-state index contributed by atoms with van der Waals surface area (Å²) >= 11 is 0. The van der Waals surface area contributed by atoms with Gasteiger partial charge in [0.1, 0.15) is 0 Å². The summed E-state index contributed by atoms with van der Waals surface area (Å²) in [6.07, 6.45) is 3.68. The van der Waals surface area contributed by atoms with E-state index in [1.165, 1.54) is 11.1 Å². The van der Waals surface area contributed by atoms with Crippen LogP contribution in [0.5, 0.6) is 0 Å². The molecule has 98 valence electrons. The van der Waals surface area contributed by atoms with Crippen LogP contribution in [0, 0.1) is 5.92 Å². The number of benzene rings is 1. The molecule has 1 aliphatic rings. The number of hydrogen-bond donors (Lipinski definition) is 1. The van der Waals surface area contributed by atoms with Crippen LogP contribution in [-0.4, -0.2) is 11.1 Å². The highest BCUT2D eigenvalue weighted by Gasteiger charge is 2.26. The van der Waals surface area contributed by atoms with Gasteiger partial charge in [-0.15, -0.1) is 0 Å². The SMILES string of the molecule is CC(C)c1cccc(C2CCC(C(=O)O)CC2)c1. The van der Waals surface area contributed by atoms with E-state index in [4.69, 9.17) is 5.11 Å². The molecule has 1 aliphatic carbocycles. The first-order valence-corrected chi connectivity index (χ1v) is 6.90. The van der Waals surface area contributed by atoms with Gasteiger partial charge in [0.05, 0.1) is 5.92 Å². The normalized spacial score (nSPS) is 24.2. The molecule has 0 amide bonds. The van der Waals surface area contributed by atoms with Crippen LogP contribution in [0.4, 0.5) is 0 Å². The van der Waals surface area contributed by atoms with Crippen LogP contribution in [0.2, 0.25) is 0 Å². The molecule has 0 spiro atoms. The fourth-order valence-electron chi connectivity index (χ4n) is 2.85. The molecule has 2 nitrogen and oxygen atoms in total. The molecule has 2 rings (SSSR count). The third kappa shape index (κ3) is 2.92. The molecule has 1 saturated carbocycles. The summed E-state index contributed by atoms with van der Waals surface area (Å²) in [5.41, 5.74) is 2.78. The molecular formula is C16H22O2. The van der Waals surface area contributed by atoms with Crippen molar-refractivity contribution in [3.05, 3.63) is 35.4 Å². The van der Waals surface area contributed by atoms with Crippen LogP contribution >= 0.6 is 0 Å². The molecule has 0 heterocycles. The Labute approximate surface area is 109 Å². The zero-order valence-electron chi connectivity index (χ0n) is 11.2. The number of carboxylic acid groups (broad SMARTS) is 1. The number of aliphatic carboxylic acids is 1. The van der Waals surface area contributed by atoms with Crippen LogP contribution in [0.15, 0.2) is 24.3 Å². The number of carbonyl (C=O) groups is 1. The highest BCUT2D eigenvalue weighted by molar-refractivity contribution is 5.70. The Morgan fingerprint density at radius 1 is 1.22 bits per heavy atom. The Kier molecular flexibility index (Phi) is 4.05. The third-order valence-corrected chi connectivity index (χ3v) is 4.13. The van der Waals surface area contributed by atoms with Crippen molar-refractivity contribution in [3.63, 3.8) is 0 Å². The second-order valence-corrected chi connectivity index (χ2v) is 5.71. The van der Waals surface area contributed by atoms with Crippen LogP contribution < -0.4 is 0 Å². The van der Waals surface area contributed by atoms with Gasteiger partial charge < -0.3 is 5.11 Å². The van der Waals surface area contributed by atoms with Gasteiger partial charge in [0, 0.05) is 0 Å². The lowest BCUT2D eigenvalue weighted by Gasteiger charge is -2.26. The van der Waals surface area contributed by atoms with E-state index in [0.29, 0.717) is 11.8 Å². The van der Waals surface area contributed by atoms with Crippen molar-refractivity contribution < 1.29 is 9.90 Å². The Morgan fingerprint density at radius 2 is 1.89 bits per heavy atom. The summed E-state index contributed by atoms with van der Waals surface area (Å²) in [6.45, 7) is 4.42. The fourth-order valence-corrected chi connectivity index (χ4v) is 2.85. The summed E-state index contributed by atoms with van der Waals surface area (Å²) in [4.78, 5) is 10.9. The molecule has 0 atom stereocenters. The van der Waals surface area contributed by atoms with Gasteiger partial charge in [-0.1, -0.05) is 38.1 Å². The minimum absolute atomic E-state index is 0.116. The summed E-state index contributed by atoms with van der Waals surface area (Å²) in [7, 11) is 0. The van der Waals surface area contributed by atoms with E-state index >= 15 is 0 Å². The second kappa shape index (κ2) is 5.55. The van der Waals surface area contributed by atoms with Crippen molar-refractivity contribution in [2.45, 2.75) is 51.4 Å².